The zero-order chi connectivity index (χ0) is 9.03. The van der Waals surface area contributed by atoms with Gasteiger partial charge in [-0.15, -0.1) is 0 Å². The van der Waals surface area contributed by atoms with Gasteiger partial charge in [0.15, 0.2) is 0 Å². The van der Waals surface area contributed by atoms with Gasteiger partial charge in [0.1, 0.15) is 0 Å². The molecular weight excluding hydrogens is 150 g/mol. The molecule has 0 unspecified atom stereocenters. The molecule has 1 aliphatic heterocycles. The first-order valence-electron chi connectivity index (χ1n) is 4.99. The third kappa shape index (κ3) is 2.46. The first-order valence-corrected chi connectivity index (χ1v) is 4.99. The van der Waals surface area contributed by atoms with Crippen molar-refractivity contribution in [3.63, 3.8) is 0 Å². The van der Waals surface area contributed by atoms with Crippen LogP contribution in [0.25, 0.3) is 0 Å². The summed E-state index contributed by atoms with van der Waals surface area (Å²) in [6, 6.07) is 0. The van der Waals surface area contributed by atoms with Crippen molar-refractivity contribution in [3.05, 3.63) is 0 Å². The van der Waals surface area contributed by atoms with Gasteiger partial charge >= 0.3 is 0 Å². The molecule has 0 saturated carbocycles. The third-order valence-electron chi connectivity index (χ3n) is 2.62. The fraction of sp³-hybridized carbons (Fsp3) is 1.00. The van der Waals surface area contributed by atoms with E-state index in [1.807, 2.05) is 0 Å². The fourth-order valence-electron chi connectivity index (χ4n) is 1.77. The van der Waals surface area contributed by atoms with Crippen molar-refractivity contribution in [3.8, 4) is 0 Å². The van der Waals surface area contributed by atoms with Gasteiger partial charge in [0.05, 0.1) is 6.61 Å². The molecule has 0 N–H and O–H groups in total. The number of ether oxygens (including phenoxy) is 1. The minimum absolute atomic E-state index is 0.243. The highest BCUT2D eigenvalue weighted by molar-refractivity contribution is 4.84. The van der Waals surface area contributed by atoms with Gasteiger partial charge in [-0.25, -0.2) is 0 Å². The molecule has 0 spiro atoms. The Labute approximate surface area is 75.9 Å². The standard InChI is InChI=1S/C10H21NO/c1-4-12-9-10(2,3)11-7-5-6-8-11/h4-9H2,1-3H3. The van der Waals surface area contributed by atoms with E-state index in [2.05, 4.69) is 25.7 Å². The Bertz CT molecular complexity index is 128. The quantitative estimate of drug-likeness (QED) is 0.640. The summed E-state index contributed by atoms with van der Waals surface area (Å²) in [5, 5.41) is 0. The third-order valence-corrected chi connectivity index (χ3v) is 2.62. The van der Waals surface area contributed by atoms with Gasteiger partial charge in [-0.1, -0.05) is 0 Å². The summed E-state index contributed by atoms with van der Waals surface area (Å²) >= 11 is 0. The van der Waals surface area contributed by atoms with E-state index >= 15 is 0 Å². The predicted octanol–water partition coefficient (Wildman–Crippen LogP) is 1.90. The molecule has 1 aliphatic rings. The van der Waals surface area contributed by atoms with Crippen LogP contribution < -0.4 is 0 Å². The molecule has 0 aliphatic carbocycles. The second-order valence-electron chi connectivity index (χ2n) is 4.14. The Balaban J connectivity index is 2.34. The largest absolute Gasteiger partial charge is 0.380 e. The smallest absolute Gasteiger partial charge is 0.0644 e. The van der Waals surface area contributed by atoms with E-state index < -0.39 is 0 Å². The molecule has 0 radical (unpaired) electrons. The highest BCUT2D eigenvalue weighted by atomic mass is 16.5. The van der Waals surface area contributed by atoms with Crippen LogP contribution in [0.3, 0.4) is 0 Å². The van der Waals surface area contributed by atoms with Gasteiger partial charge in [-0.2, -0.15) is 0 Å². The molecule has 0 bridgehead atoms. The average molecular weight is 171 g/mol. The minimum Gasteiger partial charge on any atom is -0.380 e. The zero-order valence-electron chi connectivity index (χ0n) is 8.60. The molecule has 0 aromatic carbocycles. The lowest BCUT2D eigenvalue weighted by Gasteiger charge is -2.34. The molecule has 2 nitrogen and oxygen atoms in total. The van der Waals surface area contributed by atoms with Gasteiger partial charge in [0.2, 0.25) is 0 Å². The van der Waals surface area contributed by atoms with Gasteiger partial charge in [-0.05, 0) is 46.7 Å². The van der Waals surface area contributed by atoms with E-state index in [9.17, 15) is 0 Å². The van der Waals surface area contributed by atoms with Crippen molar-refractivity contribution in [1.82, 2.24) is 4.90 Å². The van der Waals surface area contributed by atoms with E-state index in [1.54, 1.807) is 0 Å². The molecular formula is C10H21NO. The van der Waals surface area contributed by atoms with Crippen LogP contribution in [-0.4, -0.2) is 36.7 Å². The van der Waals surface area contributed by atoms with Crippen molar-refractivity contribution in [2.24, 2.45) is 0 Å². The van der Waals surface area contributed by atoms with Crippen LogP contribution in [0.1, 0.15) is 33.6 Å². The van der Waals surface area contributed by atoms with Crippen LogP contribution in [0.15, 0.2) is 0 Å². The normalized spacial score (nSPS) is 20.2. The van der Waals surface area contributed by atoms with Crippen molar-refractivity contribution in [2.75, 3.05) is 26.3 Å². The van der Waals surface area contributed by atoms with Crippen LogP contribution in [-0.2, 0) is 4.74 Å². The lowest BCUT2D eigenvalue weighted by Crippen LogP contribution is -2.45. The number of hydrogen-bond acceptors (Lipinski definition) is 2. The van der Waals surface area contributed by atoms with E-state index in [0.717, 1.165) is 13.2 Å². The summed E-state index contributed by atoms with van der Waals surface area (Å²) < 4.78 is 5.47. The molecule has 0 aromatic heterocycles. The van der Waals surface area contributed by atoms with Crippen LogP contribution in [0.2, 0.25) is 0 Å². The molecule has 1 fully saturated rings. The van der Waals surface area contributed by atoms with Crippen molar-refractivity contribution < 1.29 is 4.74 Å². The Morgan fingerprint density at radius 1 is 1.25 bits per heavy atom. The van der Waals surface area contributed by atoms with E-state index in [0.29, 0.717) is 0 Å². The molecule has 2 heteroatoms. The maximum absolute atomic E-state index is 5.47. The number of rotatable bonds is 4. The number of likely N-dealkylation sites (tertiary alicyclic amines) is 1. The highest BCUT2D eigenvalue weighted by Gasteiger charge is 2.28. The van der Waals surface area contributed by atoms with Crippen molar-refractivity contribution in [2.45, 2.75) is 39.2 Å². The van der Waals surface area contributed by atoms with Gasteiger partial charge in [0, 0.05) is 12.1 Å². The first-order chi connectivity index (χ1) is 5.67. The highest BCUT2D eigenvalue weighted by Crippen LogP contribution is 2.20. The lowest BCUT2D eigenvalue weighted by molar-refractivity contribution is 0.0288. The zero-order valence-corrected chi connectivity index (χ0v) is 8.60. The van der Waals surface area contributed by atoms with E-state index in [1.165, 1.54) is 25.9 Å². The van der Waals surface area contributed by atoms with Gasteiger partial charge in [0.25, 0.3) is 0 Å². The van der Waals surface area contributed by atoms with Crippen LogP contribution in [0.4, 0.5) is 0 Å². The Kier molecular flexibility index (Phi) is 3.53. The molecule has 0 atom stereocenters. The molecule has 0 aromatic rings. The van der Waals surface area contributed by atoms with Crippen LogP contribution >= 0.6 is 0 Å². The average Bonchev–Trinajstić information content (AvgIpc) is 2.53. The SMILES string of the molecule is CCOCC(C)(C)N1CCCC1. The van der Waals surface area contributed by atoms with Crippen molar-refractivity contribution >= 4 is 0 Å². The van der Waals surface area contributed by atoms with Crippen LogP contribution in [0.5, 0.6) is 0 Å². The molecule has 0 amide bonds. The maximum atomic E-state index is 5.47. The summed E-state index contributed by atoms with van der Waals surface area (Å²) in [4.78, 5) is 2.53. The van der Waals surface area contributed by atoms with E-state index in [-0.39, 0.29) is 5.54 Å². The monoisotopic (exact) mass is 171 g/mol. The topological polar surface area (TPSA) is 12.5 Å². The molecule has 12 heavy (non-hydrogen) atoms. The van der Waals surface area contributed by atoms with Crippen molar-refractivity contribution in [1.29, 1.82) is 0 Å². The Hall–Kier alpha value is -0.0800. The van der Waals surface area contributed by atoms with Gasteiger partial charge in [-0.3, -0.25) is 4.90 Å². The van der Waals surface area contributed by atoms with Crippen LogP contribution in [0, 0.1) is 0 Å². The Morgan fingerprint density at radius 3 is 2.33 bits per heavy atom. The van der Waals surface area contributed by atoms with E-state index in [4.69, 9.17) is 4.74 Å². The predicted molar refractivity (Wildman–Crippen MR) is 51.4 cm³/mol. The second-order valence-corrected chi connectivity index (χ2v) is 4.14. The minimum atomic E-state index is 0.243. The molecule has 1 rings (SSSR count). The number of nitrogens with zero attached hydrogens (tertiary/aromatic N) is 1. The first kappa shape index (κ1) is 10.0. The van der Waals surface area contributed by atoms with Gasteiger partial charge < -0.3 is 4.74 Å². The molecule has 72 valence electrons. The summed E-state index contributed by atoms with van der Waals surface area (Å²) in [6.07, 6.45) is 2.71. The number of hydrogen-bond donors (Lipinski definition) is 0. The fourth-order valence-corrected chi connectivity index (χ4v) is 1.77. The summed E-state index contributed by atoms with van der Waals surface area (Å²) in [7, 11) is 0. The molecule has 1 heterocycles. The summed E-state index contributed by atoms with van der Waals surface area (Å²) in [5.74, 6) is 0. The summed E-state index contributed by atoms with van der Waals surface area (Å²) in [6.45, 7) is 10.8. The lowest BCUT2D eigenvalue weighted by atomic mass is 10.1. The molecule has 1 saturated heterocycles. The second kappa shape index (κ2) is 4.24. The maximum Gasteiger partial charge on any atom is 0.0644 e. The Morgan fingerprint density at radius 2 is 1.83 bits per heavy atom. The summed E-state index contributed by atoms with van der Waals surface area (Å²) in [5.41, 5.74) is 0.243.